The highest BCUT2D eigenvalue weighted by Crippen LogP contribution is 2.31. The van der Waals surface area contributed by atoms with Crippen LogP contribution in [0, 0.1) is 0 Å². The van der Waals surface area contributed by atoms with Crippen LogP contribution in [0.5, 0.6) is 0 Å². The molecule has 38 heavy (non-hydrogen) atoms. The number of nitrogens with zero attached hydrogens (tertiary/aromatic N) is 4. The Labute approximate surface area is 222 Å². The van der Waals surface area contributed by atoms with E-state index >= 15 is 0 Å². The van der Waals surface area contributed by atoms with Crippen molar-refractivity contribution in [1.82, 2.24) is 19.9 Å². The van der Waals surface area contributed by atoms with Crippen molar-refractivity contribution >= 4 is 22.6 Å². The van der Waals surface area contributed by atoms with E-state index in [-0.39, 0.29) is 5.91 Å². The third kappa shape index (κ3) is 5.39. The van der Waals surface area contributed by atoms with Crippen LogP contribution in [0.25, 0.3) is 22.0 Å². The van der Waals surface area contributed by atoms with Crippen molar-refractivity contribution < 1.29 is 4.79 Å². The van der Waals surface area contributed by atoms with Gasteiger partial charge in [-0.3, -0.25) is 9.78 Å². The second-order valence-corrected chi connectivity index (χ2v) is 9.72. The normalized spacial score (nSPS) is 12.8. The molecule has 1 aliphatic carbocycles. The lowest BCUT2D eigenvalue weighted by molar-refractivity contribution is 0.0729. The quantitative estimate of drug-likeness (QED) is 0.263. The van der Waals surface area contributed by atoms with Gasteiger partial charge in [-0.15, -0.1) is 0 Å². The van der Waals surface area contributed by atoms with Gasteiger partial charge in [0.1, 0.15) is 12.1 Å². The first kappa shape index (κ1) is 23.8. The molecule has 188 valence electrons. The molecule has 2 heterocycles. The van der Waals surface area contributed by atoms with Gasteiger partial charge in [-0.1, -0.05) is 54.6 Å². The van der Waals surface area contributed by atoms with Crippen LogP contribution in [-0.4, -0.2) is 38.3 Å². The molecule has 1 amide bonds. The Morgan fingerprint density at radius 2 is 1.71 bits per heavy atom. The van der Waals surface area contributed by atoms with E-state index in [1.165, 1.54) is 5.56 Å². The Morgan fingerprint density at radius 1 is 0.868 bits per heavy atom. The molecule has 0 spiro atoms. The van der Waals surface area contributed by atoms with Gasteiger partial charge >= 0.3 is 0 Å². The first-order valence-electron chi connectivity index (χ1n) is 13.1. The standard InChI is InChI=1S/C32H29N5O/c38-32(27-10-5-16-33-20-27)37(28-12-13-28)21-24-8-4-9-25(18-24)26-11-14-30-29(19-26)31(36-22-35-30)34-17-15-23-6-2-1-3-7-23/h1-11,14,16,18-20,22,28H,12-13,15,17,21H2,(H,34,35,36). The van der Waals surface area contributed by atoms with E-state index in [0.717, 1.165) is 59.2 Å². The zero-order chi connectivity index (χ0) is 25.7. The molecule has 0 radical (unpaired) electrons. The number of aromatic nitrogens is 3. The summed E-state index contributed by atoms with van der Waals surface area (Å²) >= 11 is 0. The van der Waals surface area contributed by atoms with Gasteiger partial charge in [0.05, 0.1) is 11.1 Å². The molecule has 6 rings (SSSR count). The predicted octanol–water partition coefficient (Wildman–Crippen LogP) is 6.15. The minimum absolute atomic E-state index is 0.0417. The highest BCUT2D eigenvalue weighted by atomic mass is 16.2. The van der Waals surface area contributed by atoms with Crippen LogP contribution >= 0.6 is 0 Å². The van der Waals surface area contributed by atoms with Crippen LogP contribution in [0.3, 0.4) is 0 Å². The molecule has 6 nitrogen and oxygen atoms in total. The zero-order valence-electron chi connectivity index (χ0n) is 21.1. The van der Waals surface area contributed by atoms with E-state index in [0.29, 0.717) is 18.2 Å². The molecular weight excluding hydrogens is 470 g/mol. The summed E-state index contributed by atoms with van der Waals surface area (Å²) in [6.07, 6.45) is 7.98. The number of hydrogen-bond acceptors (Lipinski definition) is 5. The molecule has 1 saturated carbocycles. The van der Waals surface area contributed by atoms with Gasteiger partial charge < -0.3 is 10.2 Å². The maximum atomic E-state index is 13.2. The van der Waals surface area contributed by atoms with Crippen LogP contribution in [0.4, 0.5) is 5.82 Å². The largest absolute Gasteiger partial charge is 0.369 e. The number of nitrogens with one attached hydrogen (secondary N) is 1. The summed E-state index contributed by atoms with van der Waals surface area (Å²) in [5, 5.41) is 4.49. The Bertz CT molecular complexity index is 1550. The highest BCUT2D eigenvalue weighted by Gasteiger charge is 2.33. The second kappa shape index (κ2) is 10.8. The molecule has 6 heteroatoms. The highest BCUT2D eigenvalue weighted by molar-refractivity contribution is 5.94. The topological polar surface area (TPSA) is 71.0 Å². The molecule has 0 saturated heterocycles. The number of pyridine rings is 1. The lowest BCUT2D eigenvalue weighted by Gasteiger charge is -2.23. The Morgan fingerprint density at radius 3 is 2.53 bits per heavy atom. The van der Waals surface area contributed by atoms with Gasteiger partial charge in [0, 0.05) is 36.9 Å². The van der Waals surface area contributed by atoms with Crippen molar-refractivity contribution in [2.75, 3.05) is 11.9 Å². The zero-order valence-corrected chi connectivity index (χ0v) is 21.1. The molecule has 3 aromatic carbocycles. The van der Waals surface area contributed by atoms with Crippen LogP contribution in [0.2, 0.25) is 0 Å². The molecular formula is C32H29N5O. The number of fused-ring (bicyclic) bond motifs is 1. The minimum Gasteiger partial charge on any atom is -0.369 e. The maximum Gasteiger partial charge on any atom is 0.255 e. The van der Waals surface area contributed by atoms with Gasteiger partial charge in [0.25, 0.3) is 5.91 Å². The summed E-state index contributed by atoms with van der Waals surface area (Å²) in [7, 11) is 0. The third-order valence-electron chi connectivity index (χ3n) is 6.95. The van der Waals surface area contributed by atoms with Crippen molar-refractivity contribution in [3.63, 3.8) is 0 Å². The van der Waals surface area contributed by atoms with E-state index in [9.17, 15) is 4.79 Å². The Balaban J connectivity index is 1.23. The lowest BCUT2D eigenvalue weighted by Crippen LogP contribution is -2.32. The van der Waals surface area contributed by atoms with Gasteiger partial charge in [-0.25, -0.2) is 9.97 Å². The summed E-state index contributed by atoms with van der Waals surface area (Å²) in [4.78, 5) is 28.3. The number of amides is 1. The molecule has 0 aliphatic heterocycles. The predicted molar refractivity (Wildman–Crippen MR) is 151 cm³/mol. The molecule has 1 fully saturated rings. The van der Waals surface area contributed by atoms with Crippen molar-refractivity contribution in [2.45, 2.75) is 31.8 Å². The smallest absolute Gasteiger partial charge is 0.255 e. The summed E-state index contributed by atoms with van der Waals surface area (Å²) < 4.78 is 0. The number of anilines is 1. The second-order valence-electron chi connectivity index (χ2n) is 9.72. The number of hydrogen-bond donors (Lipinski definition) is 1. The van der Waals surface area contributed by atoms with E-state index in [2.05, 4.69) is 80.9 Å². The lowest BCUT2D eigenvalue weighted by atomic mass is 10.0. The van der Waals surface area contributed by atoms with Crippen molar-refractivity contribution in [3.8, 4) is 11.1 Å². The Kier molecular flexibility index (Phi) is 6.77. The van der Waals surface area contributed by atoms with E-state index < -0.39 is 0 Å². The number of carbonyl (C=O) groups is 1. The van der Waals surface area contributed by atoms with Gasteiger partial charge in [-0.05, 0) is 71.8 Å². The van der Waals surface area contributed by atoms with Gasteiger partial charge in [0.15, 0.2) is 0 Å². The summed E-state index contributed by atoms with van der Waals surface area (Å²) in [5.74, 6) is 0.881. The van der Waals surface area contributed by atoms with Crippen LogP contribution in [-0.2, 0) is 13.0 Å². The summed E-state index contributed by atoms with van der Waals surface area (Å²) in [6.45, 7) is 1.37. The van der Waals surface area contributed by atoms with Crippen molar-refractivity contribution in [1.29, 1.82) is 0 Å². The summed E-state index contributed by atoms with van der Waals surface area (Å²) in [6, 6.07) is 29.1. The van der Waals surface area contributed by atoms with Crippen LogP contribution in [0.1, 0.15) is 34.3 Å². The average molecular weight is 500 g/mol. The van der Waals surface area contributed by atoms with E-state index in [4.69, 9.17) is 0 Å². The number of rotatable bonds is 9. The SMILES string of the molecule is O=C(c1cccnc1)N(Cc1cccc(-c2ccc3ncnc(NCCc4ccccc4)c3c2)c1)C1CC1. The maximum absolute atomic E-state index is 13.2. The van der Waals surface area contributed by atoms with Crippen LogP contribution in [0.15, 0.2) is 104 Å². The molecule has 0 atom stereocenters. The number of carbonyl (C=O) groups excluding carboxylic acids is 1. The van der Waals surface area contributed by atoms with E-state index in [1.807, 2.05) is 29.2 Å². The first-order chi connectivity index (χ1) is 18.7. The molecule has 5 aromatic rings. The minimum atomic E-state index is 0.0417. The fourth-order valence-electron chi connectivity index (χ4n) is 4.80. The fraction of sp³-hybridized carbons (Fsp3) is 0.188. The molecule has 0 unspecified atom stereocenters. The monoisotopic (exact) mass is 499 g/mol. The molecule has 2 aromatic heterocycles. The number of benzene rings is 3. The first-order valence-corrected chi connectivity index (χ1v) is 13.1. The fourth-order valence-corrected chi connectivity index (χ4v) is 4.80. The molecule has 0 bridgehead atoms. The summed E-state index contributed by atoms with van der Waals surface area (Å²) in [5.41, 5.74) is 6.14. The van der Waals surface area contributed by atoms with E-state index in [1.54, 1.807) is 18.7 Å². The van der Waals surface area contributed by atoms with Crippen LogP contribution < -0.4 is 5.32 Å². The molecule has 1 aliphatic rings. The average Bonchev–Trinajstić information content (AvgIpc) is 3.82. The molecule has 1 N–H and O–H groups in total. The Hall–Kier alpha value is -4.58. The van der Waals surface area contributed by atoms with Crippen molar-refractivity contribution in [2.24, 2.45) is 0 Å². The van der Waals surface area contributed by atoms with Crippen molar-refractivity contribution in [3.05, 3.63) is 120 Å². The third-order valence-corrected chi connectivity index (χ3v) is 6.95. The van der Waals surface area contributed by atoms with Gasteiger partial charge in [-0.2, -0.15) is 0 Å². The van der Waals surface area contributed by atoms with Gasteiger partial charge in [0.2, 0.25) is 0 Å².